The molecule has 4 aromatic rings. The van der Waals surface area contributed by atoms with Crippen LogP contribution in [0.15, 0.2) is 59.7 Å². The number of hydrogen-bond acceptors (Lipinski definition) is 5. The highest BCUT2D eigenvalue weighted by molar-refractivity contribution is 7.08. The van der Waals surface area contributed by atoms with E-state index in [4.69, 9.17) is 11.6 Å². The molecule has 0 fully saturated rings. The summed E-state index contributed by atoms with van der Waals surface area (Å²) in [5.41, 5.74) is 3.93. The monoisotopic (exact) mass is 396 g/mol. The lowest BCUT2D eigenvalue weighted by Gasteiger charge is -2.13. The minimum Gasteiger partial charge on any atom is -0.339 e. The number of rotatable bonds is 4. The van der Waals surface area contributed by atoms with Crippen LogP contribution in [0.4, 0.5) is 15.9 Å². The predicted molar refractivity (Wildman–Crippen MR) is 108 cm³/mol. The van der Waals surface area contributed by atoms with Crippen LogP contribution in [-0.2, 0) is 0 Å². The summed E-state index contributed by atoms with van der Waals surface area (Å²) in [6.07, 6.45) is 5.17. The number of nitrogens with zero attached hydrogens (tertiary/aromatic N) is 3. The van der Waals surface area contributed by atoms with Crippen molar-refractivity contribution >= 4 is 34.4 Å². The van der Waals surface area contributed by atoms with Crippen molar-refractivity contribution in [2.45, 2.75) is 6.92 Å². The first-order valence-corrected chi connectivity index (χ1v) is 9.46. The third-order valence-corrected chi connectivity index (χ3v) is 4.98. The highest BCUT2D eigenvalue weighted by Gasteiger charge is 2.15. The molecular weight excluding hydrogens is 383 g/mol. The second-order valence-electron chi connectivity index (χ2n) is 5.91. The van der Waals surface area contributed by atoms with Crippen LogP contribution < -0.4 is 5.32 Å². The second-order valence-corrected chi connectivity index (χ2v) is 7.12. The van der Waals surface area contributed by atoms with E-state index >= 15 is 0 Å². The maximum Gasteiger partial charge on any atom is 0.164 e. The summed E-state index contributed by atoms with van der Waals surface area (Å²) in [6, 6.07) is 8.20. The third-order valence-electron chi connectivity index (χ3n) is 4.06. The summed E-state index contributed by atoms with van der Waals surface area (Å²) >= 11 is 7.61. The Hall–Kier alpha value is -2.83. The van der Waals surface area contributed by atoms with Crippen LogP contribution in [0.3, 0.4) is 0 Å². The minimum absolute atomic E-state index is 0.258. The number of thiophene rings is 1. The topological polar surface area (TPSA) is 50.7 Å². The van der Waals surface area contributed by atoms with Crippen molar-refractivity contribution in [3.63, 3.8) is 0 Å². The van der Waals surface area contributed by atoms with E-state index in [0.717, 1.165) is 22.4 Å². The Morgan fingerprint density at radius 1 is 1.11 bits per heavy atom. The molecule has 0 unspecified atom stereocenters. The first-order chi connectivity index (χ1) is 13.1. The Labute approximate surface area is 164 Å². The van der Waals surface area contributed by atoms with E-state index in [1.807, 2.05) is 29.8 Å². The molecule has 4 nitrogen and oxygen atoms in total. The molecule has 0 radical (unpaired) electrons. The van der Waals surface area contributed by atoms with Gasteiger partial charge in [0.2, 0.25) is 0 Å². The van der Waals surface area contributed by atoms with E-state index in [1.165, 1.54) is 18.2 Å². The van der Waals surface area contributed by atoms with Crippen molar-refractivity contribution in [1.82, 2.24) is 15.0 Å². The molecule has 0 aliphatic carbocycles. The van der Waals surface area contributed by atoms with E-state index in [-0.39, 0.29) is 11.4 Å². The molecule has 0 spiro atoms. The number of nitrogens with one attached hydrogen (secondary N) is 1. The predicted octanol–water partition coefficient (Wildman–Crippen LogP) is 6.11. The van der Waals surface area contributed by atoms with Gasteiger partial charge in [0.15, 0.2) is 5.82 Å². The standard InChI is InChI=1S/C20H14ClFN4S/c1-12-9-23-6-4-18(12)25-20-16(13-5-7-27-11-13)10-24-19(26-20)15-8-14(21)2-3-17(15)22/h2-11H,1H3,(H,23,24,25,26). The normalized spacial score (nSPS) is 10.8. The molecule has 1 N–H and O–H groups in total. The molecular formula is C20H14ClFN4S. The fraction of sp³-hybridized carbons (Fsp3) is 0.0500. The van der Waals surface area contributed by atoms with Crippen LogP contribution in [0.5, 0.6) is 0 Å². The number of pyridine rings is 1. The van der Waals surface area contributed by atoms with Gasteiger partial charge in [-0.15, -0.1) is 0 Å². The van der Waals surface area contributed by atoms with Crippen LogP contribution in [0.1, 0.15) is 5.56 Å². The van der Waals surface area contributed by atoms with Crippen molar-refractivity contribution in [2.75, 3.05) is 5.32 Å². The van der Waals surface area contributed by atoms with Gasteiger partial charge < -0.3 is 5.32 Å². The average molecular weight is 397 g/mol. The molecule has 0 amide bonds. The molecule has 27 heavy (non-hydrogen) atoms. The maximum atomic E-state index is 14.3. The Morgan fingerprint density at radius 2 is 2.00 bits per heavy atom. The van der Waals surface area contributed by atoms with E-state index in [0.29, 0.717) is 10.8 Å². The minimum atomic E-state index is -0.422. The van der Waals surface area contributed by atoms with Crippen molar-refractivity contribution in [3.8, 4) is 22.5 Å². The zero-order valence-corrected chi connectivity index (χ0v) is 15.9. The van der Waals surface area contributed by atoms with Gasteiger partial charge >= 0.3 is 0 Å². The largest absolute Gasteiger partial charge is 0.339 e. The number of aryl methyl sites for hydroxylation is 1. The summed E-state index contributed by atoms with van der Waals surface area (Å²) in [7, 11) is 0. The van der Waals surface area contributed by atoms with Gasteiger partial charge in [-0.05, 0) is 59.1 Å². The highest BCUT2D eigenvalue weighted by atomic mass is 35.5. The molecule has 3 aromatic heterocycles. The fourth-order valence-corrected chi connectivity index (χ4v) is 3.47. The van der Waals surface area contributed by atoms with Gasteiger partial charge in [-0.3, -0.25) is 4.98 Å². The smallest absolute Gasteiger partial charge is 0.164 e. The van der Waals surface area contributed by atoms with Crippen LogP contribution >= 0.6 is 22.9 Å². The quantitative estimate of drug-likeness (QED) is 0.452. The van der Waals surface area contributed by atoms with E-state index in [1.54, 1.807) is 29.9 Å². The zero-order valence-electron chi connectivity index (χ0n) is 14.3. The molecule has 7 heteroatoms. The van der Waals surface area contributed by atoms with Gasteiger partial charge in [0, 0.05) is 34.9 Å². The fourth-order valence-electron chi connectivity index (χ4n) is 2.65. The Kier molecular flexibility index (Phi) is 4.83. The number of anilines is 2. The number of benzene rings is 1. The summed E-state index contributed by atoms with van der Waals surface area (Å²) in [5.74, 6) is 0.434. The highest BCUT2D eigenvalue weighted by Crippen LogP contribution is 2.33. The number of halogens is 2. The summed E-state index contributed by atoms with van der Waals surface area (Å²) in [4.78, 5) is 13.1. The van der Waals surface area contributed by atoms with E-state index in [9.17, 15) is 4.39 Å². The summed E-state index contributed by atoms with van der Waals surface area (Å²) in [6.45, 7) is 1.96. The van der Waals surface area contributed by atoms with Gasteiger partial charge in [-0.2, -0.15) is 11.3 Å². The van der Waals surface area contributed by atoms with E-state index in [2.05, 4.69) is 20.3 Å². The lowest BCUT2D eigenvalue weighted by molar-refractivity contribution is 0.630. The van der Waals surface area contributed by atoms with Crippen LogP contribution in [-0.4, -0.2) is 15.0 Å². The number of aromatic nitrogens is 3. The summed E-state index contributed by atoms with van der Waals surface area (Å²) in [5, 5.41) is 7.76. The molecule has 0 saturated heterocycles. The van der Waals surface area contributed by atoms with Gasteiger partial charge in [-0.1, -0.05) is 11.6 Å². The van der Waals surface area contributed by atoms with Crippen LogP contribution in [0.2, 0.25) is 5.02 Å². The van der Waals surface area contributed by atoms with Gasteiger partial charge in [0.25, 0.3) is 0 Å². The van der Waals surface area contributed by atoms with Gasteiger partial charge in [-0.25, -0.2) is 14.4 Å². The number of hydrogen-bond donors (Lipinski definition) is 1. The molecule has 1 aromatic carbocycles. The van der Waals surface area contributed by atoms with Crippen LogP contribution in [0, 0.1) is 12.7 Å². The second kappa shape index (κ2) is 7.42. The Bertz CT molecular complexity index is 1100. The van der Waals surface area contributed by atoms with Crippen molar-refractivity contribution in [3.05, 3.63) is 76.1 Å². The Morgan fingerprint density at radius 3 is 2.78 bits per heavy atom. The Balaban J connectivity index is 1.85. The molecule has 4 rings (SSSR count). The van der Waals surface area contributed by atoms with Crippen molar-refractivity contribution < 1.29 is 4.39 Å². The lowest BCUT2D eigenvalue weighted by Crippen LogP contribution is -2.02. The molecule has 134 valence electrons. The molecule has 0 aliphatic heterocycles. The zero-order chi connectivity index (χ0) is 18.8. The SMILES string of the molecule is Cc1cnccc1Nc1nc(-c2cc(Cl)ccc2F)ncc1-c1ccsc1. The molecule has 0 aliphatic rings. The molecule has 0 atom stereocenters. The molecule has 0 bridgehead atoms. The van der Waals surface area contributed by atoms with Crippen molar-refractivity contribution in [2.24, 2.45) is 0 Å². The maximum absolute atomic E-state index is 14.3. The first kappa shape index (κ1) is 17.6. The third kappa shape index (κ3) is 3.67. The van der Waals surface area contributed by atoms with Crippen molar-refractivity contribution in [1.29, 1.82) is 0 Å². The van der Waals surface area contributed by atoms with Crippen LogP contribution in [0.25, 0.3) is 22.5 Å². The first-order valence-electron chi connectivity index (χ1n) is 8.14. The van der Waals surface area contributed by atoms with E-state index < -0.39 is 5.82 Å². The summed E-state index contributed by atoms with van der Waals surface area (Å²) < 4.78 is 14.3. The van der Waals surface area contributed by atoms with Gasteiger partial charge in [0.1, 0.15) is 11.6 Å². The average Bonchev–Trinajstić information content (AvgIpc) is 3.20. The molecule has 0 saturated carbocycles. The van der Waals surface area contributed by atoms with Gasteiger partial charge in [0.05, 0.1) is 5.56 Å². The lowest BCUT2D eigenvalue weighted by atomic mass is 10.1. The molecule has 3 heterocycles.